The fourth-order valence-electron chi connectivity index (χ4n) is 1.85. The van der Waals surface area contributed by atoms with Crippen LogP contribution in [0.1, 0.15) is 65.7 Å². The zero-order valence-electron chi connectivity index (χ0n) is 11.4. The second-order valence-corrected chi connectivity index (χ2v) is 5.03. The fourth-order valence-corrected chi connectivity index (χ4v) is 1.85. The lowest BCUT2D eigenvalue weighted by Gasteiger charge is -2.21. The van der Waals surface area contributed by atoms with Gasteiger partial charge in [-0.15, -0.1) is 0 Å². The van der Waals surface area contributed by atoms with Gasteiger partial charge in [-0.05, 0) is 39.0 Å². The molecular weight excluding hydrogens is 200 g/mol. The van der Waals surface area contributed by atoms with Gasteiger partial charge in [0.1, 0.15) is 0 Å². The minimum absolute atomic E-state index is 0.167. The number of unbranched alkanes of at least 4 members (excludes halogenated alkanes) is 1. The molecule has 1 aliphatic carbocycles. The van der Waals surface area contributed by atoms with Gasteiger partial charge in [0.25, 0.3) is 0 Å². The number of ether oxygens (including phenoxy) is 1. The van der Waals surface area contributed by atoms with E-state index in [-0.39, 0.29) is 6.10 Å². The van der Waals surface area contributed by atoms with Crippen LogP contribution in [0.3, 0.4) is 0 Å². The van der Waals surface area contributed by atoms with Crippen LogP contribution in [-0.2, 0) is 4.74 Å². The molecule has 0 atom stereocenters. The van der Waals surface area contributed by atoms with Crippen LogP contribution in [-0.4, -0.2) is 24.4 Å². The minimum atomic E-state index is -0.167. The van der Waals surface area contributed by atoms with Crippen molar-refractivity contribution in [1.29, 1.82) is 0 Å². The Hall–Kier alpha value is -0.0800. The summed E-state index contributed by atoms with van der Waals surface area (Å²) in [6, 6.07) is 0. The molecule has 98 valence electrons. The molecule has 0 spiro atoms. The Labute approximate surface area is 101 Å². The molecule has 0 aromatic heterocycles. The number of rotatable bonds is 5. The first-order chi connectivity index (χ1) is 7.66. The number of hydrogen-bond acceptors (Lipinski definition) is 2. The van der Waals surface area contributed by atoms with E-state index in [9.17, 15) is 0 Å². The van der Waals surface area contributed by atoms with E-state index < -0.39 is 0 Å². The Balaban J connectivity index is 0.000000487. The monoisotopic (exact) mass is 230 g/mol. The summed E-state index contributed by atoms with van der Waals surface area (Å²) in [5, 5.41) is 8.06. The quantitative estimate of drug-likeness (QED) is 0.728. The van der Waals surface area contributed by atoms with Crippen molar-refractivity contribution in [3.05, 3.63) is 0 Å². The predicted molar refractivity (Wildman–Crippen MR) is 69.7 cm³/mol. The second-order valence-electron chi connectivity index (χ2n) is 5.03. The van der Waals surface area contributed by atoms with Crippen LogP contribution in [0, 0.1) is 5.92 Å². The van der Waals surface area contributed by atoms with Gasteiger partial charge in [-0.2, -0.15) is 0 Å². The summed E-state index contributed by atoms with van der Waals surface area (Å²) in [5.41, 5.74) is 0. The van der Waals surface area contributed by atoms with E-state index in [1.54, 1.807) is 13.8 Å². The van der Waals surface area contributed by atoms with Gasteiger partial charge in [0.15, 0.2) is 0 Å². The van der Waals surface area contributed by atoms with Gasteiger partial charge in [-0.1, -0.05) is 32.6 Å². The maximum Gasteiger partial charge on any atom is 0.0494 e. The van der Waals surface area contributed by atoms with E-state index in [0.29, 0.717) is 0 Å². The first kappa shape index (κ1) is 15.9. The topological polar surface area (TPSA) is 29.5 Å². The van der Waals surface area contributed by atoms with Crippen LogP contribution in [0.5, 0.6) is 0 Å². The molecule has 0 unspecified atom stereocenters. The maximum absolute atomic E-state index is 8.06. The van der Waals surface area contributed by atoms with E-state index in [2.05, 4.69) is 6.92 Å². The van der Waals surface area contributed by atoms with Crippen molar-refractivity contribution in [2.24, 2.45) is 5.92 Å². The molecule has 0 heterocycles. The van der Waals surface area contributed by atoms with E-state index in [0.717, 1.165) is 19.1 Å². The summed E-state index contributed by atoms with van der Waals surface area (Å²) in [7, 11) is 0. The fraction of sp³-hybridized carbons (Fsp3) is 1.00. The van der Waals surface area contributed by atoms with Crippen molar-refractivity contribution in [2.45, 2.75) is 71.8 Å². The summed E-state index contributed by atoms with van der Waals surface area (Å²) in [5.74, 6) is 0.885. The van der Waals surface area contributed by atoms with Crippen molar-refractivity contribution in [3.63, 3.8) is 0 Å². The van der Waals surface area contributed by atoms with Gasteiger partial charge in [0.2, 0.25) is 0 Å². The first-order valence-corrected chi connectivity index (χ1v) is 6.92. The van der Waals surface area contributed by atoms with E-state index >= 15 is 0 Å². The Morgan fingerprint density at radius 2 is 1.75 bits per heavy atom. The number of aliphatic hydroxyl groups excluding tert-OH is 1. The van der Waals surface area contributed by atoms with Crippen molar-refractivity contribution < 1.29 is 9.84 Å². The molecule has 16 heavy (non-hydrogen) atoms. The van der Waals surface area contributed by atoms with Crippen LogP contribution in [0.2, 0.25) is 0 Å². The zero-order chi connectivity index (χ0) is 12.2. The van der Waals surface area contributed by atoms with Gasteiger partial charge in [0.05, 0.1) is 0 Å². The Bertz CT molecular complexity index is 126. The lowest BCUT2D eigenvalue weighted by atomic mass is 9.90. The Morgan fingerprint density at radius 3 is 2.25 bits per heavy atom. The molecule has 0 saturated heterocycles. The third kappa shape index (κ3) is 12.0. The summed E-state index contributed by atoms with van der Waals surface area (Å²) in [6.45, 7) is 7.66. The average Bonchev–Trinajstić information content (AvgIpc) is 2.25. The molecule has 0 aromatic rings. The van der Waals surface area contributed by atoms with Gasteiger partial charge in [-0.25, -0.2) is 0 Å². The molecule has 1 N–H and O–H groups in total. The third-order valence-electron chi connectivity index (χ3n) is 2.72. The highest BCUT2D eigenvalue weighted by atomic mass is 16.5. The summed E-state index contributed by atoms with van der Waals surface area (Å²) in [4.78, 5) is 0. The number of aliphatic hydroxyl groups is 1. The second kappa shape index (κ2) is 11.4. The zero-order valence-corrected chi connectivity index (χ0v) is 11.4. The van der Waals surface area contributed by atoms with Crippen molar-refractivity contribution in [1.82, 2.24) is 0 Å². The SMILES string of the molecule is CC(C)O.CCCCOCC1CCCCC1. The van der Waals surface area contributed by atoms with Gasteiger partial charge < -0.3 is 9.84 Å². The highest BCUT2D eigenvalue weighted by Crippen LogP contribution is 2.23. The smallest absolute Gasteiger partial charge is 0.0494 e. The van der Waals surface area contributed by atoms with Crippen molar-refractivity contribution in [2.75, 3.05) is 13.2 Å². The molecule has 2 nitrogen and oxygen atoms in total. The molecule has 1 saturated carbocycles. The molecule has 0 radical (unpaired) electrons. The predicted octanol–water partition coefficient (Wildman–Crippen LogP) is 3.77. The van der Waals surface area contributed by atoms with Crippen molar-refractivity contribution >= 4 is 0 Å². The van der Waals surface area contributed by atoms with Crippen LogP contribution >= 0.6 is 0 Å². The summed E-state index contributed by atoms with van der Waals surface area (Å²) in [6.07, 6.45) is 9.45. The highest BCUT2D eigenvalue weighted by molar-refractivity contribution is 4.64. The van der Waals surface area contributed by atoms with E-state index in [4.69, 9.17) is 9.84 Å². The summed E-state index contributed by atoms with van der Waals surface area (Å²) < 4.78 is 5.61. The van der Waals surface area contributed by atoms with Gasteiger partial charge in [-0.3, -0.25) is 0 Å². The number of hydrogen-bond donors (Lipinski definition) is 1. The molecule has 1 fully saturated rings. The Kier molecular flexibility index (Phi) is 11.3. The van der Waals surface area contributed by atoms with Gasteiger partial charge in [0, 0.05) is 19.3 Å². The lowest BCUT2D eigenvalue weighted by Crippen LogP contribution is -2.13. The van der Waals surface area contributed by atoms with E-state index in [1.165, 1.54) is 44.9 Å². The van der Waals surface area contributed by atoms with Crippen molar-refractivity contribution in [3.8, 4) is 0 Å². The average molecular weight is 230 g/mol. The standard InChI is InChI=1S/C11H22O.C3H8O/c1-2-3-9-12-10-11-7-5-4-6-8-11;1-3(2)4/h11H,2-10H2,1H3;3-4H,1-2H3. The first-order valence-electron chi connectivity index (χ1n) is 6.92. The van der Waals surface area contributed by atoms with Gasteiger partial charge >= 0.3 is 0 Å². The minimum Gasteiger partial charge on any atom is -0.394 e. The molecule has 1 aliphatic rings. The molecular formula is C14H30O2. The van der Waals surface area contributed by atoms with Crippen LogP contribution in [0.4, 0.5) is 0 Å². The normalized spacial score (nSPS) is 17.1. The highest BCUT2D eigenvalue weighted by Gasteiger charge is 2.12. The molecule has 0 amide bonds. The van der Waals surface area contributed by atoms with Crippen LogP contribution < -0.4 is 0 Å². The summed E-state index contributed by atoms with van der Waals surface area (Å²) >= 11 is 0. The van der Waals surface area contributed by atoms with Crippen LogP contribution in [0.15, 0.2) is 0 Å². The third-order valence-corrected chi connectivity index (χ3v) is 2.72. The van der Waals surface area contributed by atoms with Crippen LogP contribution in [0.25, 0.3) is 0 Å². The molecule has 0 aliphatic heterocycles. The molecule has 0 aromatic carbocycles. The maximum atomic E-state index is 8.06. The molecule has 2 heteroatoms. The van der Waals surface area contributed by atoms with E-state index in [1.807, 2.05) is 0 Å². The molecule has 1 rings (SSSR count). The molecule has 0 bridgehead atoms. The lowest BCUT2D eigenvalue weighted by molar-refractivity contribution is 0.0833. The largest absolute Gasteiger partial charge is 0.394 e. The Morgan fingerprint density at radius 1 is 1.19 bits per heavy atom.